The van der Waals surface area contributed by atoms with Gasteiger partial charge in [-0.1, -0.05) is 0 Å². The number of halogens is 3. The Labute approximate surface area is 134 Å². The van der Waals surface area contributed by atoms with E-state index in [0.29, 0.717) is 45.3 Å². The van der Waals surface area contributed by atoms with Gasteiger partial charge in [-0.05, 0) is 25.2 Å². The number of nitrogens with one attached hydrogen (secondary N) is 2. The fourth-order valence-corrected chi connectivity index (χ4v) is 3.11. The van der Waals surface area contributed by atoms with Crippen LogP contribution < -0.4 is 10.6 Å². The molecule has 134 valence electrons. The smallest absolute Gasteiger partial charge is 0.381 e. The molecule has 5 nitrogen and oxygen atoms in total. The molecule has 2 heterocycles. The minimum absolute atomic E-state index is 0.288. The Kier molecular flexibility index (Phi) is 7.10. The maximum Gasteiger partial charge on any atom is 0.405 e. The van der Waals surface area contributed by atoms with E-state index in [2.05, 4.69) is 10.6 Å². The van der Waals surface area contributed by atoms with Gasteiger partial charge in [-0.3, -0.25) is 9.69 Å². The van der Waals surface area contributed by atoms with Crippen molar-refractivity contribution in [2.24, 2.45) is 5.92 Å². The average molecular weight is 337 g/mol. The van der Waals surface area contributed by atoms with Crippen molar-refractivity contribution in [2.45, 2.75) is 37.9 Å². The van der Waals surface area contributed by atoms with Crippen molar-refractivity contribution in [1.82, 2.24) is 15.5 Å². The van der Waals surface area contributed by atoms with Crippen molar-refractivity contribution in [1.29, 1.82) is 0 Å². The highest BCUT2D eigenvalue weighted by Gasteiger charge is 2.43. The SMILES string of the molecule is O=C(CCC1CCOCC1)NCC(N1CCNCC1)C(F)(F)F. The summed E-state index contributed by atoms with van der Waals surface area (Å²) < 4.78 is 44.9. The maximum atomic E-state index is 13.2. The van der Waals surface area contributed by atoms with Crippen molar-refractivity contribution in [3.8, 4) is 0 Å². The molecule has 2 saturated heterocycles. The molecule has 2 aliphatic rings. The first kappa shape index (κ1) is 18.5. The van der Waals surface area contributed by atoms with Crippen LogP contribution in [0.25, 0.3) is 0 Å². The molecular weight excluding hydrogens is 311 g/mol. The summed E-state index contributed by atoms with van der Waals surface area (Å²) in [6.07, 6.45) is -1.46. The molecule has 2 aliphatic heterocycles. The minimum Gasteiger partial charge on any atom is -0.381 e. The van der Waals surface area contributed by atoms with Crippen LogP contribution in [0.15, 0.2) is 0 Å². The zero-order valence-electron chi connectivity index (χ0n) is 13.3. The second-order valence-electron chi connectivity index (χ2n) is 6.24. The van der Waals surface area contributed by atoms with E-state index in [1.54, 1.807) is 0 Å². The quantitative estimate of drug-likeness (QED) is 0.763. The fraction of sp³-hybridized carbons (Fsp3) is 0.933. The molecule has 0 aromatic rings. The zero-order valence-corrected chi connectivity index (χ0v) is 13.3. The zero-order chi connectivity index (χ0) is 16.7. The second kappa shape index (κ2) is 8.84. The van der Waals surface area contributed by atoms with Crippen LogP contribution in [0.4, 0.5) is 13.2 Å². The normalized spacial score (nSPS) is 22.7. The minimum atomic E-state index is -4.33. The van der Waals surface area contributed by atoms with Crippen LogP contribution in [0, 0.1) is 5.92 Å². The summed E-state index contributed by atoms with van der Waals surface area (Å²) in [5.74, 6) is 0.155. The number of amides is 1. The number of carbonyl (C=O) groups excluding carboxylic acids is 1. The molecule has 2 fully saturated rings. The first-order chi connectivity index (χ1) is 11.0. The summed E-state index contributed by atoms with van der Waals surface area (Å²) in [6.45, 7) is 2.85. The van der Waals surface area contributed by atoms with E-state index < -0.39 is 12.2 Å². The lowest BCUT2D eigenvalue weighted by Gasteiger charge is -2.36. The molecule has 0 saturated carbocycles. The number of rotatable bonds is 6. The van der Waals surface area contributed by atoms with E-state index in [-0.39, 0.29) is 18.9 Å². The standard InChI is InChI=1S/C15H26F3N3O2/c16-15(17,18)13(21-7-5-19-6-8-21)11-20-14(22)2-1-12-3-9-23-10-4-12/h12-13,19H,1-11H2,(H,20,22). The Morgan fingerprint density at radius 2 is 1.91 bits per heavy atom. The Morgan fingerprint density at radius 1 is 1.26 bits per heavy atom. The number of ether oxygens (including phenoxy) is 1. The van der Waals surface area contributed by atoms with Gasteiger partial charge in [0.2, 0.25) is 5.91 Å². The number of hydrogen-bond donors (Lipinski definition) is 2. The molecule has 2 N–H and O–H groups in total. The predicted molar refractivity (Wildman–Crippen MR) is 80.1 cm³/mol. The van der Waals surface area contributed by atoms with E-state index in [4.69, 9.17) is 4.74 Å². The van der Waals surface area contributed by atoms with E-state index in [1.165, 1.54) is 4.90 Å². The van der Waals surface area contributed by atoms with Gasteiger partial charge in [-0.15, -0.1) is 0 Å². The maximum absolute atomic E-state index is 13.2. The molecule has 1 unspecified atom stereocenters. The molecule has 23 heavy (non-hydrogen) atoms. The van der Waals surface area contributed by atoms with Crippen LogP contribution >= 0.6 is 0 Å². The van der Waals surface area contributed by atoms with E-state index in [9.17, 15) is 18.0 Å². The number of hydrogen-bond acceptors (Lipinski definition) is 4. The lowest BCUT2D eigenvalue weighted by atomic mass is 9.95. The van der Waals surface area contributed by atoms with Crippen LogP contribution in [0.5, 0.6) is 0 Å². The van der Waals surface area contributed by atoms with Crippen molar-refractivity contribution in [3.63, 3.8) is 0 Å². The number of carbonyl (C=O) groups is 1. The Balaban J connectivity index is 1.74. The monoisotopic (exact) mass is 337 g/mol. The molecule has 0 radical (unpaired) electrons. The largest absolute Gasteiger partial charge is 0.405 e. The molecule has 2 rings (SSSR count). The van der Waals surface area contributed by atoms with Gasteiger partial charge in [0.1, 0.15) is 6.04 Å². The first-order valence-corrected chi connectivity index (χ1v) is 8.32. The highest BCUT2D eigenvalue weighted by atomic mass is 19.4. The van der Waals surface area contributed by atoms with Gasteiger partial charge in [0.25, 0.3) is 0 Å². The summed E-state index contributed by atoms with van der Waals surface area (Å²) in [7, 11) is 0. The van der Waals surface area contributed by atoms with Gasteiger partial charge in [0.05, 0.1) is 0 Å². The fourth-order valence-electron chi connectivity index (χ4n) is 3.11. The summed E-state index contributed by atoms with van der Waals surface area (Å²) in [6, 6.07) is -1.60. The van der Waals surface area contributed by atoms with Crippen LogP contribution in [0.3, 0.4) is 0 Å². The van der Waals surface area contributed by atoms with Gasteiger partial charge in [-0.25, -0.2) is 0 Å². The van der Waals surface area contributed by atoms with Gasteiger partial charge < -0.3 is 15.4 Å². The summed E-state index contributed by atoms with van der Waals surface area (Å²) in [5, 5.41) is 5.51. The van der Waals surface area contributed by atoms with Gasteiger partial charge in [0.15, 0.2) is 0 Å². The molecular formula is C15H26F3N3O2. The summed E-state index contributed by atoms with van der Waals surface area (Å²) in [4.78, 5) is 13.3. The van der Waals surface area contributed by atoms with Crippen LogP contribution in [0.1, 0.15) is 25.7 Å². The number of nitrogens with zero attached hydrogens (tertiary/aromatic N) is 1. The van der Waals surface area contributed by atoms with Crippen molar-refractivity contribution >= 4 is 5.91 Å². The Hall–Kier alpha value is -0.860. The highest BCUT2D eigenvalue weighted by molar-refractivity contribution is 5.75. The lowest BCUT2D eigenvalue weighted by Crippen LogP contribution is -2.57. The van der Waals surface area contributed by atoms with E-state index in [1.807, 2.05) is 0 Å². The Bertz CT molecular complexity index is 367. The van der Waals surface area contributed by atoms with Crippen LogP contribution in [-0.2, 0) is 9.53 Å². The van der Waals surface area contributed by atoms with Gasteiger partial charge in [0, 0.05) is 52.4 Å². The number of piperazine rings is 1. The Morgan fingerprint density at radius 3 is 2.52 bits per heavy atom. The molecule has 1 amide bonds. The molecule has 0 aliphatic carbocycles. The van der Waals surface area contributed by atoms with Crippen LogP contribution in [-0.4, -0.2) is 69.0 Å². The molecule has 0 aromatic carbocycles. The average Bonchev–Trinajstić information content (AvgIpc) is 2.54. The summed E-state index contributed by atoms with van der Waals surface area (Å²) >= 11 is 0. The lowest BCUT2D eigenvalue weighted by molar-refractivity contribution is -0.184. The third-order valence-electron chi connectivity index (χ3n) is 4.58. The van der Waals surface area contributed by atoms with E-state index >= 15 is 0 Å². The van der Waals surface area contributed by atoms with Gasteiger partial charge >= 0.3 is 6.18 Å². The summed E-state index contributed by atoms with van der Waals surface area (Å²) in [5.41, 5.74) is 0. The number of alkyl halides is 3. The first-order valence-electron chi connectivity index (χ1n) is 8.32. The highest BCUT2D eigenvalue weighted by Crippen LogP contribution is 2.25. The molecule has 0 bridgehead atoms. The molecule has 0 spiro atoms. The van der Waals surface area contributed by atoms with Gasteiger partial charge in [-0.2, -0.15) is 13.2 Å². The molecule has 0 aromatic heterocycles. The van der Waals surface area contributed by atoms with E-state index in [0.717, 1.165) is 19.3 Å². The van der Waals surface area contributed by atoms with Crippen molar-refractivity contribution in [2.75, 3.05) is 45.9 Å². The van der Waals surface area contributed by atoms with Crippen molar-refractivity contribution < 1.29 is 22.7 Å². The second-order valence-corrected chi connectivity index (χ2v) is 6.24. The molecule has 1 atom stereocenters. The third kappa shape index (κ3) is 6.27. The topological polar surface area (TPSA) is 53.6 Å². The molecule has 8 heteroatoms. The third-order valence-corrected chi connectivity index (χ3v) is 4.58. The van der Waals surface area contributed by atoms with Crippen molar-refractivity contribution in [3.05, 3.63) is 0 Å². The van der Waals surface area contributed by atoms with Crippen LogP contribution in [0.2, 0.25) is 0 Å². The predicted octanol–water partition coefficient (Wildman–Crippen LogP) is 1.15.